The van der Waals surface area contributed by atoms with Crippen LogP contribution in [0.3, 0.4) is 0 Å². The summed E-state index contributed by atoms with van der Waals surface area (Å²) in [6.45, 7) is 2.69. The van der Waals surface area contributed by atoms with Gasteiger partial charge >= 0.3 is 6.03 Å². The monoisotopic (exact) mass is 228 g/mol. The number of benzene rings is 1. The summed E-state index contributed by atoms with van der Waals surface area (Å²) in [5.74, 6) is 0.132. The van der Waals surface area contributed by atoms with Crippen LogP contribution in [0.2, 0.25) is 5.02 Å². The molecule has 0 aromatic heterocycles. The lowest BCUT2D eigenvalue weighted by atomic mass is 10.2. The van der Waals surface area contributed by atoms with Crippen molar-refractivity contribution in [3.05, 3.63) is 28.8 Å². The highest BCUT2D eigenvalue weighted by Gasteiger charge is 2.03. The van der Waals surface area contributed by atoms with E-state index in [-0.39, 0.29) is 11.8 Å². The van der Waals surface area contributed by atoms with E-state index in [2.05, 4.69) is 10.6 Å². The number of amides is 2. The fourth-order valence-electron chi connectivity index (χ4n) is 1.10. The summed E-state index contributed by atoms with van der Waals surface area (Å²) < 4.78 is 0. The molecule has 0 aliphatic carbocycles. The van der Waals surface area contributed by atoms with E-state index in [1.807, 2.05) is 6.92 Å². The van der Waals surface area contributed by atoms with Crippen LogP contribution in [0.1, 0.15) is 12.5 Å². The van der Waals surface area contributed by atoms with Gasteiger partial charge in [-0.2, -0.15) is 0 Å². The van der Waals surface area contributed by atoms with Gasteiger partial charge in [-0.3, -0.25) is 0 Å². The summed E-state index contributed by atoms with van der Waals surface area (Å²) in [5, 5.41) is 15.0. The Morgan fingerprint density at radius 1 is 1.47 bits per heavy atom. The molecule has 1 rings (SSSR count). The van der Waals surface area contributed by atoms with Crippen LogP contribution in [0.15, 0.2) is 18.2 Å². The van der Waals surface area contributed by atoms with Crippen LogP contribution in [0.25, 0.3) is 0 Å². The highest BCUT2D eigenvalue weighted by Crippen LogP contribution is 2.20. The number of phenols is 1. The predicted molar refractivity (Wildman–Crippen MR) is 59.0 cm³/mol. The minimum absolute atomic E-state index is 0.132. The van der Waals surface area contributed by atoms with Crippen LogP contribution in [-0.4, -0.2) is 17.7 Å². The van der Waals surface area contributed by atoms with Crippen molar-refractivity contribution in [2.75, 3.05) is 6.54 Å². The summed E-state index contributed by atoms with van der Waals surface area (Å²) in [6, 6.07) is 4.36. The molecule has 15 heavy (non-hydrogen) atoms. The molecule has 0 heterocycles. The number of hydrogen-bond acceptors (Lipinski definition) is 2. The van der Waals surface area contributed by atoms with Crippen LogP contribution in [0.5, 0.6) is 5.75 Å². The predicted octanol–water partition coefficient (Wildman–Crippen LogP) is 1.86. The SMILES string of the molecule is CCNC(=O)NCc1cc(O)ccc1Cl. The molecule has 0 spiro atoms. The Labute approximate surface area is 93.2 Å². The van der Waals surface area contributed by atoms with Crippen LogP contribution in [0, 0.1) is 0 Å². The van der Waals surface area contributed by atoms with E-state index in [4.69, 9.17) is 11.6 Å². The number of aromatic hydroxyl groups is 1. The first-order valence-corrected chi connectivity index (χ1v) is 5.00. The third-order valence-electron chi connectivity index (χ3n) is 1.81. The van der Waals surface area contributed by atoms with E-state index in [1.54, 1.807) is 6.07 Å². The van der Waals surface area contributed by atoms with Crippen molar-refractivity contribution in [1.82, 2.24) is 10.6 Å². The van der Waals surface area contributed by atoms with Crippen molar-refractivity contribution < 1.29 is 9.90 Å². The van der Waals surface area contributed by atoms with Crippen LogP contribution < -0.4 is 10.6 Å². The first-order chi connectivity index (χ1) is 7.13. The fraction of sp³-hybridized carbons (Fsp3) is 0.300. The third kappa shape index (κ3) is 3.67. The first-order valence-electron chi connectivity index (χ1n) is 4.62. The average molecular weight is 229 g/mol. The minimum Gasteiger partial charge on any atom is -0.508 e. The lowest BCUT2D eigenvalue weighted by molar-refractivity contribution is 0.241. The normalized spacial score (nSPS) is 9.73. The molecule has 0 radical (unpaired) electrons. The minimum atomic E-state index is -0.253. The van der Waals surface area contributed by atoms with Gasteiger partial charge in [0.25, 0.3) is 0 Å². The van der Waals surface area contributed by atoms with Gasteiger partial charge in [-0.25, -0.2) is 4.79 Å². The Balaban J connectivity index is 2.57. The maximum absolute atomic E-state index is 11.1. The molecular formula is C10H13ClN2O2. The van der Waals surface area contributed by atoms with Crippen molar-refractivity contribution >= 4 is 17.6 Å². The maximum atomic E-state index is 11.1. The quantitative estimate of drug-likeness (QED) is 0.740. The summed E-state index contributed by atoms with van der Waals surface area (Å²) in [7, 11) is 0. The summed E-state index contributed by atoms with van der Waals surface area (Å²) in [4.78, 5) is 11.1. The lowest BCUT2D eigenvalue weighted by Crippen LogP contribution is -2.34. The zero-order valence-corrected chi connectivity index (χ0v) is 9.14. The number of carbonyl (C=O) groups is 1. The second-order valence-corrected chi connectivity index (χ2v) is 3.40. The van der Waals surface area contributed by atoms with Crippen LogP contribution >= 0.6 is 11.6 Å². The van der Waals surface area contributed by atoms with Crippen molar-refractivity contribution in [1.29, 1.82) is 0 Å². The molecule has 3 N–H and O–H groups in total. The summed E-state index contributed by atoms with van der Waals surface area (Å²) in [6.07, 6.45) is 0. The Kier molecular flexibility index (Phi) is 4.24. The Morgan fingerprint density at radius 2 is 2.20 bits per heavy atom. The largest absolute Gasteiger partial charge is 0.508 e. The Morgan fingerprint density at radius 3 is 2.87 bits per heavy atom. The van der Waals surface area contributed by atoms with Gasteiger partial charge in [0.05, 0.1) is 0 Å². The molecule has 0 bridgehead atoms. The van der Waals surface area contributed by atoms with Crippen molar-refractivity contribution in [2.45, 2.75) is 13.5 Å². The molecule has 0 atom stereocenters. The lowest BCUT2D eigenvalue weighted by Gasteiger charge is -2.07. The number of rotatable bonds is 3. The highest BCUT2D eigenvalue weighted by molar-refractivity contribution is 6.31. The van der Waals surface area contributed by atoms with Crippen molar-refractivity contribution in [3.8, 4) is 5.75 Å². The molecule has 0 fully saturated rings. The second-order valence-electron chi connectivity index (χ2n) is 2.99. The number of carbonyl (C=O) groups excluding carboxylic acids is 1. The van der Waals surface area contributed by atoms with E-state index < -0.39 is 0 Å². The zero-order valence-electron chi connectivity index (χ0n) is 8.38. The van der Waals surface area contributed by atoms with E-state index in [0.29, 0.717) is 23.7 Å². The molecule has 1 aromatic rings. The Hall–Kier alpha value is -1.42. The molecule has 0 saturated carbocycles. The molecule has 0 unspecified atom stereocenters. The fourth-order valence-corrected chi connectivity index (χ4v) is 1.28. The Bertz CT molecular complexity index is 355. The van der Waals surface area contributed by atoms with E-state index in [1.165, 1.54) is 12.1 Å². The highest BCUT2D eigenvalue weighted by atomic mass is 35.5. The van der Waals surface area contributed by atoms with Crippen LogP contribution in [-0.2, 0) is 6.54 Å². The average Bonchev–Trinajstić information content (AvgIpc) is 2.20. The van der Waals surface area contributed by atoms with E-state index >= 15 is 0 Å². The number of hydrogen-bond donors (Lipinski definition) is 3. The van der Waals surface area contributed by atoms with Gasteiger partial charge in [-0.05, 0) is 30.7 Å². The molecule has 5 heteroatoms. The molecule has 0 aliphatic heterocycles. The molecule has 0 aliphatic rings. The molecule has 0 saturated heterocycles. The number of nitrogens with one attached hydrogen (secondary N) is 2. The van der Waals surface area contributed by atoms with Gasteiger partial charge < -0.3 is 15.7 Å². The van der Waals surface area contributed by atoms with E-state index in [0.717, 1.165) is 0 Å². The number of phenolic OH excluding ortho intramolecular Hbond substituents is 1. The van der Waals surface area contributed by atoms with Crippen molar-refractivity contribution in [3.63, 3.8) is 0 Å². The topological polar surface area (TPSA) is 61.4 Å². The van der Waals surface area contributed by atoms with Gasteiger partial charge in [0.1, 0.15) is 5.75 Å². The summed E-state index contributed by atoms with van der Waals surface area (Å²) in [5.41, 5.74) is 0.683. The van der Waals surface area contributed by atoms with Gasteiger partial charge in [-0.15, -0.1) is 0 Å². The zero-order chi connectivity index (χ0) is 11.3. The number of urea groups is 1. The molecule has 2 amide bonds. The van der Waals surface area contributed by atoms with Gasteiger partial charge in [0, 0.05) is 18.1 Å². The number of halogens is 1. The molecular weight excluding hydrogens is 216 g/mol. The molecule has 4 nitrogen and oxygen atoms in total. The van der Waals surface area contributed by atoms with E-state index in [9.17, 15) is 9.90 Å². The van der Waals surface area contributed by atoms with Gasteiger partial charge in [-0.1, -0.05) is 11.6 Å². The smallest absolute Gasteiger partial charge is 0.315 e. The van der Waals surface area contributed by atoms with Crippen molar-refractivity contribution in [2.24, 2.45) is 0 Å². The third-order valence-corrected chi connectivity index (χ3v) is 2.17. The molecule has 1 aromatic carbocycles. The first kappa shape index (κ1) is 11.7. The van der Waals surface area contributed by atoms with Crippen LogP contribution in [0.4, 0.5) is 4.79 Å². The van der Waals surface area contributed by atoms with Gasteiger partial charge in [0.2, 0.25) is 0 Å². The van der Waals surface area contributed by atoms with Gasteiger partial charge in [0.15, 0.2) is 0 Å². The standard InChI is InChI=1S/C10H13ClN2O2/c1-2-12-10(15)13-6-7-5-8(14)3-4-9(7)11/h3-5,14H,2,6H2,1H3,(H2,12,13,15). The summed E-state index contributed by atoms with van der Waals surface area (Å²) >= 11 is 5.87. The molecule has 82 valence electrons. The second kappa shape index (κ2) is 5.46. The maximum Gasteiger partial charge on any atom is 0.315 e.